The SMILES string of the molecule is C[C@H]1C(=O)N([C@@H](CCOCc2ccccc2)CO[Si](c2ccccc2)(c2ccccc2)C(C)(C)C)CCN1C(=O)OC(C)(C)C. The molecule has 1 saturated heterocycles. The van der Waals surface area contributed by atoms with Crippen LogP contribution in [0.1, 0.15) is 60.5 Å². The molecule has 0 radical (unpaired) electrons. The minimum Gasteiger partial charge on any atom is -0.444 e. The molecule has 242 valence electrons. The Hall–Kier alpha value is -3.46. The molecule has 4 rings (SSSR count). The highest BCUT2D eigenvalue weighted by Gasteiger charge is 2.51. The van der Waals surface area contributed by atoms with Gasteiger partial charge in [0.05, 0.1) is 19.3 Å². The Kier molecular flexibility index (Phi) is 11.3. The van der Waals surface area contributed by atoms with Gasteiger partial charge in [-0.25, -0.2) is 4.79 Å². The fourth-order valence-corrected chi connectivity index (χ4v) is 10.7. The van der Waals surface area contributed by atoms with Gasteiger partial charge in [-0.15, -0.1) is 0 Å². The second-order valence-electron chi connectivity index (χ2n) is 13.8. The lowest BCUT2D eigenvalue weighted by molar-refractivity contribution is -0.144. The second-order valence-corrected chi connectivity index (χ2v) is 18.1. The number of carbonyl (C=O) groups excluding carboxylic acids is 2. The van der Waals surface area contributed by atoms with E-state index in [-0.39, 0.29) is 17.0 Å². The van der Waals surface area contributed by atoms with Crippen LogP contribution in [0.3, 0.4) is 0 Å². The predicted molar refractivity (Wildman–Crippen MR) is 182 cm³/mol. The molecule has 0 spiro atoms. The van der Waals surface area contributed by atoms with Gasteiger partial charge in [0.1, 0.15) is 11.6 Å². The van der Waals surface area contributed by atoms with Crippen molar-refractivity contribution in [3.8, 4) is 0 Å². The lowest BCUT2D eigenvalue weighted by Crippen LogP contribution is -2.68. The third-order valence-corrected chi connectivity index (χ3v) is 13.4. The summed E-state index contributed by atoms with van der Waals surface area (Å²) in [5.74, 6) is -0.105. The van der Waals surface area contributed by atoms with Crippen LogP contribution >= 0.6 is 0 Å². The van der Waals surface area contributed by atoms with Crippen LogP contribution in [-0.4, -0.2) is 74.1 Å². The third kappa shape index (κ3) is 8.42. The highest BCUT2D eigenvalue weighted by Crippen LogP contribution is 2.37. The molecule has 0 aliphatic carbocycles. The monoisotopic (exact) mass is 630 g/mol. The first-order valence-electron chi connectivity index (χ1n) is 16.0. The number of nitrogens with zero attached hydrogens (tertiary/aromatic N) is 2. The number of piperazine rings is 1. The van der Waals surface area contributed by atoms with Crippen molar-refractivity contribution in [1.82, 2.24) is 9.80 Å². The molecule has 2 atom stereocenters. The maximum atomic E-state index is 14.0. The number of hydrogen-bond acceptors (Lipinski definition) is 5. The first-order chi connectivity index (χ1) is 21.3. The highest BCUT2D eigenvalue weighted by molar-refractivity contribution is 6.99. The molecular formula is C37H50N2O5Si. The summed E-state index contributed by atoms with van der Waals surface area (Å²) in [5.41, 5.74) is 0.465. The molecule has 0 saturated carbocycles. The zero-order chi connectivity index (χ0) is 32.7. The molecule has 0 unspecified atom stereocenters. The van der Waals surface area contributed by atoms with Gasteiger partial charge in [0.2, 0.25) is 5.91 Å². The summed E-state index contributed by atoms with van der Waals surface area (Å²) in [7, 11) is -2.84. The molecule has 1 fully saturated rings. The van der Waals surface area contributed by atoms with E-state index >= 15 is 0 Å². The molecule has 1 aliphatic heterocycles. The van der Waals surface area contributed by atoms with Gasteiger partial charge in [0, 0.05) is 19.7 Å². The normalized spacial score (nSPS) is 16.9. The average molecular weight is 631 g/mol. The molecule has 2 amide bonds. The van der Waals surface area contributed by atoms with Crippen molar-refractivity contribution < 1.29 is 23.5 Å². The minimum atomic E-state index is -2.84. The van der Waals surface area contributed by atoms with E-state index in [1.165, 1.54) is 15.3 Å². The lowest BCUT2D eigenvalue weighted by Gasteiger charge is -2.46. The van der Waals surface area contributed by atoms with Gasteiger partial charge in [0.15, 0.2) is 0 Å². The van der Waals surface area contributed by atoms with Gasteiger partial charge >= 0.3 is 6.09 Å². The Morgan fingerprint density at radius 3 is 1.89 bits per heavy atom. The fraction of sp³-hybridized carbons (Fsp3) is 0.459. The van der Waals surface area contributed by atoms with Crippen LogP contribution in [0.5, 0.6) is 0 Å². The Bertz CT molecular complexity index is 1330. The van der Waals surface area contributed by atoms with Crippen molar-refractivity contribution in [2.75, 3.05) is 26.3 Å². The smallest absolute Gasteiger partial charge is 0.411 e. The minimum absolute atomic E-state index is 0.105. The van der Waals surface area contributed by atoms with E-state index in [9.17, 15) is 9.59 Å². The Morgan fingerprint density at radius 1 is 0.844 bits per heavy atom. The molecule has 3 aromatic carbocycles. The van der Waals surface area contributed by atoms with Crippen LogP contribution in [-0.2, 0) is 25.3 Å². The topological polar surface area (TPSA) is 68.3 Å². The second kappa shape index (κ2) is 14.8. The van der Waals surface area contributed by atoms with E-state index in [0.717, 1.165) is 5.56 Å². The maximum Gasteiger partial charge on any atom is 0.411 e. The molecule has 1 aliphatic rings. The average Bonchev–Trinajstić information content (AvgIpc) is 3.00. The fourth-order valence-electron chi connectivity index (χ4n) is 6.12. The van der Waals surface area contributed by atoms with Crippen molar-refractivity contribution in [2.24, 2.45) is 0 Å². The van der Waals surface area contributed by atoms with Crippen LogP contribution < -0.4 is 10.4 Å². The Labute approximate surface area is 270 Å². The molecule has 7 nitrogen and oxygen atoms in total. The van der Waals surface area contributed by atoms with Crippen molar-refractivity contribution in [2.45, 2.75) is 84.2 Å². The first kappa shape index (κ1) is 34.4. The number of carbonyl (C=O) groups is 2. The molecule has 0 bridgehead atoms. The highest BCUT2D eigenvalue weighted by atomic mass is 28.4. The van der Waals surface area contributed by atoms with Crippen molar-refractivity contribution >= 4 is 30.7 Å². The largest absolute Gasteiger partial charge is 0.444 e. The first-order valence-corrected chi connectivity index (χ1v) is 17.9. The van der Waals surface area contributed by atoms with E-state index in [1.807, 2.05) is 68.1 Å². The summed E-state index contributed by atoms with van der Waals surface area (Å²) in [6.45, 7) is 16.2. The Morgan fingerprint density at radius 2 is 1.38 bits per heavy atom. The summed E-state index contributed by atoms with van der Waals surface area (Å²) in [5, 5.41) is 2.19. The zero-order valence-electron chi connectivity index (χ0n) is 28.0. The van der Waals surface area contributed by atoms with E-state index in [0.29, 0.717) is 39.3 Å². The van der Waals surface area contributed by atoms with E-state index in [2.05, 4.69) is 69.3 Å². The van der Waals surface area contributed by atoms with E-state index in [1.54, 1.807) is 6.92 Å². The lowest BCUT2D eigenvalue weighted by atomic mass is 10.1. The van der Waals surface area contributed by atoms with Crippen molar-refractivity contribution in [3.05, 3.63) is 96.6 Å². The number of amides is 2. The predicted octanol–water partition coefficient (Wildman–Crippen LogP) is 6.01. The Balaban J connectivity index is 1.62. The molecule has 45 heavy (non-hydrogen) atoms. The molecule has 3 aromatic rings. The quantitative estimate of drug-likeness (QED) is 0.192. The summed E-state index contributed by atoms with van der Waals surface area (Å²) in [6, 6.07) is 30.3. The van der Waals surface area contributed by atoms with Gasteiger partial charge in [-0.2, -0.15) is 0 Å². The molecular weight excluding hydrogens is 581 g/mol. The summed E-state index contributed by atoms with van der Waals surface area (Å²) < 4.78 is 19.0. The molecule has 0 aromatic heterocycles. The van der Waals surface area contributed by atoms with Crippen LogP contribution in [0.4, 0.5) is 4.79 Å². The number of benzene rings is 3. The zero-order valence-corrected chi connectivity index (χ0v) is 29.0. The van der Waals surface area contributed by atoms with E-state index < -0.39 is 26.1 Å². The number of rotatable bonds is 11. The summed E-state index contributed by atoms with van der Waals surface area (Å²) >= 11 is 0. The van der Waals surface area contributed by atoms with Crippen LogP contribution in [0, 0.1) is 0 Å². The summed E-state index contributed by atoms with van der Waals surface area (Å²) in [6.07, 6.45) is 0.143. The number of hydrogen-bond donors (Lipinski definition) is 0. The van der Waals surface area contributed by atoms with Crippen molar-refractivity contribution in [3.63, 3.8) is 0 Å². The van der Waals surface area contributed by atoms with Gasteiger partial charge < -0.3 is 18.8 Å². The van der Waals surface area contributed by atoms with E-state index in [4.69, 9.17) is 13.9 Å². The standard InChI is InChI=1S/C37H50N2O5Si/c1-29-34(40)39(25-24-38(29)35(41)44-36(2,3)4)31(23-26-42-27-30-17-11-8-12-18-30)28-43-45(37(5,6)7,32-19-13-9-14-20-32)33-21-15-10-16-22-33/h8-22,29,31H,23-28H2,1-7H3/t29-,31-/m0/s1. The van der Waals surface area contributed by atoms with Crippen LogP contribution in [0.2, 0.25) is 5.04 Å². The van der Waals surface area contributed by atoms with Gasteiger partial charge in [-0.05, 0) is 55.1 Å². The van der Waals surface area contributed by atoms with Crippen LogP contribution in [0.15, 0.2) is 91.0 Å². The van der Waals surface area contributed by atoms with Gasteiger partial charge in [-0.3, -0.25) is 9.69 Å². The van der Waals surface area contributed by atoms with Crippen molar-refractivity contribution in [1.29, 1.82) is 0 Å². The molecule has 1 heterocycles. The van der Waals surface area contributed by atoms with Gasteiger partial charge in [0.25, 0.3) is 8.32 Å². The molecule has 0 N–H and O–H groups in total. The van der Waals surface area contributed by atoms with Gasteiger partial charge in [-0.1, -0.05) is 112 Å². The summed E-state index contributed by atoms with van der Waals surface area (Å²) in [4.78, 5) is 30.4. The van der Waals surface area contributed by atoms with Crippen LogP contribution in [0.25, 0.3) is 0 Å². The maximum absolute atomic E-state index is 14.0. The molecule has 8 heteroatoms. The number of ether oxygens (including phenoxy) is 2. The third-order valence-electron chi connectivity index (χ3n) is 8.37.